The second kappa shape index (κ2) is 6.43. The molecule has 1 aliphatic rings. The summed E-state index contributed by atoms with van der Waals surface area (Å²) in [6, 6.07) is 16.8. The molecule has 1 saturated heterocycles. The summed E-state index contributed by atoms with van der Waals surface area (Å²) < 4.78 is 27.8. The lowest BCUT2D eigenvalue weighted by Gasteiger charge is -2.39. The first-order chi connectivity index (χ1) is 11.0. The van der Waals surface area contributed by atoms with E-state index in [1.54, 1.807) is 16.4 Å². The van der Waals surface area contributed by atoms with Crippen molar-refractivity contribution in [3.8, 4) is 0 Å². The van der Waals surface area contributed by atoms with Gasteiger partial charge in [0.1, 0.15) is 0 Å². The monoisotopic (exact) mass is 330 g/mol. The normalized spacial score (nSPS) is 20.5. The van der Waals surface area contributed by atoms with Crippen molar-refractivity contribution in [2.75, 3.05) is 26.7 Å². The van der Waals surface area contributed by atoms with Crippen LogP contribution >= 0.6 is 0 Å². The van der Waals surface area contributed by atoms with Crippen molar-refractivity contribution < 1.29 is 8.42 Å². The van der Waals surface area contributed by atoms with Crippen LogP contribution in [-0.2, 0) is 10.0 Å². The predicted octanol–water partition coefficient (Wildman–Crippen LogP) is 2.67. The van der Waals surface area contributed by atoms with Gasteiger partial charge in [-0.2, -0.15) is 4.31 Å². The van der Waals surface area contributed by atoms with Crippen molar-refractivity contribution in [1.82, 2.24) is 9.21 Å². The molecule has 0 bridgehead atoms. The molecule has 0 saturated carbocycles. The van der Waals surface area contributed by atoms with Gasteiger partial charge in [-0.1, -0.05) is 48.0 Å². The Morgan fingerprint density at radius 2 is 1.61 bits per heavy atom. The van der Waals surface area contributed by atoms with Gasteiger partial charge in [-0.25, -0.2) is 8.42 Å². The van der Waals surface area contributed by atoms with E-state index in [4.69, 9.17) is 0 Å². The summed E-state index contributed by atoms with van der Waals surface area (Å²) >= 11 is 0. The molecule has 2 aromatic rings. The van der Waals surface area contributed by atoms with Crippen LogP contribution in [0.1, 0.15) is 17.2 Å². The standard InChI is InChI=1S/C18H22N2O2S/c1-15-8-10-17(11-9-15)23(21,22)20-13-12-19(2)14-18(20)16-6-4-3-5-7-16/h3-11,18H,12-14H2,1-2H3. The molecule has 5 heteroatoms. The Bertz CT molecular complexity index is 757. The summed E-state index contributed by atoms with van der Waals surface area (Å²) in [5.74, 6) is 0. The lowest BCUT2D eigenvalue weighted by molar-refractivity contribution is 0.160. The maximum absolute atomic E-state index is 13.1. The van der Waals surface area contributed by atoms with Gasteiger partial charge in [-0.15, -0.1) is 0 Å². The van der Waals surface area contributed by atoms with E-state index in [-0.39, 0.29) is 6.04 Å². The van der Waals surface area contributed by atoms with Crippen molar-refractivity contribution >= 4 is 10.0 Å². The molecular formula is C18H22N2O2S. The zero-order valence-electron chi connectivity index (χ0n) is 13.5. The van der Waals surface area contributed by atoms with Gasteiger partial charge in [0.05, 0.1) is 10.9 Å². The number of sulfonamides is 1. The van der Waals surface area contributed by atoms with Gasteiger partial charge in [-0.3, -0.25) is 0 Å². The van der Waals surface area contributed by atoms with Crippen LogP contribution in [0.2, 0.25) is 0 Å². The van der Waals surface area contributed by atoms with E-state index in [0.717, 1.165) is 17.7 Å². The average molecular weight is 330 g/mol. The summed E-state index contributed by atoms with van der Waals surface area (Å²) in [5.41, 5.74) is 2.09. The lowest BCUT2D eigenvalue weighted by atomic mass is 10.1. The predicted molar refractivity (Wildman–Crippen MR) is 91.8 cm³/mol. The molecule has 1 unspecified atom stereocenters. The molecule has 0 aliphatic carbocycles. The molecule has 0 radical (unpaired) electrons. The molecule has 3 rings (SSSR count). The molecule has 0 amide bonds. The molecule has 1 aliphatic heterocycles. The van der Waals surface area contributed by atoms with Gasteiger partial charge in [-0.05, 0) is 31.7 Å². The van der Waals surface area contributed by atoms with Crippen molar-refractivity contribution in [2.45, 2.75) is 17.9 Å². The van der Waals surface area contributed by atoms with Crippen molar-refractivity contribution in [2.24, 2.45) is 0 Å². The van der Waals surface area contributed by atoms with Crippen molar-refractivity contribution in [3.63, 3.8) is 0 Å². The Kier molecular flexibility index (Phi) is 4.53. The lowest BCUT2D eigenvalue weighted by Crippen LogP contribution is -2.49. The molecule has 122 valence electrons. The first-order valence-corrected chi connectivity index (χ1v) is 9.24. The van der Waals surface area contributed by atoms with Gasteiger partial charge < -0.3 is 4.90 Å². The summed E-state index contributed by atoms with van der Waals surface area (Å²) in [4.78, 5) is 2.55. The van der Waals surface area contributed by atoms with E-state index in [1.807, 2.05) is 56.4 Å². The number of likely N-dealkylation sites (N-methyl/N-ethyl adjacent to an activating group) is 1. The van der Waals surface area contributed by atoms with E-state index in [9.17, 15) is 8.42 Å². The van der Waals surface area contributed by atoms with Crippen LogP contribution in [0.15, 0.2) is 59.5 Å². The van der Waals surface area contributed by atoms with Crippen LogP contribution in [0.25, 0.3) is 0 Å². The fraction of sp³-hybridized carbons (Fsp3) is 0.333. The summed E-state index contributed by atoms with van der Waals surface area (Å²) in [7, 11) is -1.46. The molecule has 1 atom stereocenters. The number of nitrogens with zero attached hydrogens (tertiary/aromatic N) is 2. The number of benzene rings is 2. The molecule has 23 heavy (non-hydrogen) atoms. The highest BCUT2D eigenvalue weighted by Crippen LogP contribution is 2.30. The topological polar surface area (TPSA) is 40.6 Å². The van der Waals surface area contributed by atoms with Crippen LogP contribution in [0.5, 0.6) is 0 Å². The Hall–Kier alpha value is -1.69. The van der Waals surface area contributed by atoms with Crippen LogP contribution in [-0.4, -0.2) is 44.3 Å². The minimum absolute atomic E-state index is 0.152. The van der Waals surface area contributed by atoms with Crippen molar-refractivity contribution in [3.05, 3.63) is 65.7 Å². The third-order valence-corrected chi connectivity index (χ3v) is 6.27. The van der Waals surface area contributed by atoms with Crippen LogP contribution in [0, 0.1) is 6.92 Å². The van der Waals surface area contributed by atoms with Gasteiger partial charge in [0.2, 0.25) is 10.0 Å². The molecule has 0 N–H and O–H groups in total. The highest BCUT2D eigenvalue weighted by atomic mass is 32.2. The largest absolute Gasteiger partial charge is 0.303 e. The van der Waals surface area contributed by atoms with E-state index in [1.165, 1.54) is 0 Å². The van der Waals surface area contributed by atoms with Gasteiger partial charge in [0.25, 0.3) is 0 Å². The van der Waals surface area contributed by atoms with E-state index in [2.05, 4.69) is 4.90 Å². The number of hydrogen-bond acceptors (Lipinski definition) is 3. The zero-order chi connectivity index (χ0) is 16.4. The minimum Gasteiger partial charge on any atom is -0.303 e. The smallest absolute Gasteiger partial charge is 0.243 e. The molecule has 1 fully saturated rings. The van der Waals surface area contributed by atoms with E-state index < -0.39 is 10.0 Å². The fourth-order valence-corrected chi connectivity index (χ4v) is 4.58. The second-order valence-corrected chi connectivity index (χ2v) is 8.01. The molecule has 1 heterocycles. The van der Waals surface area contributed by atoms with Crippen LogP contribution in [0.3, 0.4) is 0 Å². The maximum atomic E-state index is 13.1. The number of hydrogen-bond donors (Lipinski definition) is 0. The van der Waals surface area contributed by atoms with E-state index >= 15 is 0 Å². The Balaban J connectivity index is 1.99. The van der Waals surface area contributed by atoms with Crippen LogP contribution < -0.4 is 0 Å². The highest BCUT2D eigenvalue weighted by molar-refractivity contribution is 7.89. The zero-order valence-corrected chi connectivity index (χ0v) is 14.3. The van der Waals surface area contributed by atoms with Crippen LogP contribution in [0.4, 0.5) is 0 Å². The minimum atomic E-state index is -3.49. The quantitative estimate of drug-likeness (QED) is 0.869. The molecule has 0 aromatic heterocycles. The Labute approximate surface area is 138 Å². The first kappa shape index (κ1) is 16.2. The third-order valence-electron chi connectivity index (χ3n) is 4.35. The van der Waals surface area contributed by atoms with E-state index in [0.29, 0.717) is 18.0 Å². The first-order valence-electron chi connectivity index (χ1n) is 7.80. The van der Waals surface area contributed by atoms with Gasteiger partial charge in [0, 0.05) is 19.6 Å². The average Bonchev–Trinajstić information content (AvgIpc) is 2.56. The molecule has 0 spiro atoms. The van der Waals surface area contributed by atoms with Gasteiger partial charge in [0.15, 0.2) is 0 Å². The summed E-state index contributed by atoms with van der Waals surface area (Å²) in [5, 5.41) is 0. The molecular weight excluding hydrogens is 308 g/mol. The van der Waals surface area contributed by atoms with Crippen molar-refractivity contribution in [1.29, 1.82) is 0 Å². The number of aryl methyl sites for hydroxylation is 1. The second-order valence-electron chi connectivity index (χ2n) is 6.12. The highest BCUT2D eigenvalue weighted by Gasteiger charge is 2.35. The fourth-order valence-electron chi connectivity index (χ4n) is 2.98. The summed E-state index contributed by atoms with van der Waals surface area (Å²) in [6.07, 6.45) is 0. The SMILES string of the molecule is Cc1ccc(S(=O)(=O)N2CCN(C)CC2c2ccccc2)cc1. The number of piperazine rings is 1. The Morgan fingerprint density at radius 1 is 0.957 bits per heavy atom. The third kappa shape index (κ3) is 3.32. The summed E-state index contributed by atoms with van der Waals surface area (Å²) in [6.45, 7) is 3.91. The molecule has 2 aromatic carbocycles. The maximum Gasteiger partial charge on any atom is 0.243 e. The molecule has 4 nitrogen and oxygen atoms in total. The number of rotatable bonds is 3. The Morgan fingerprint density at radius 3 is 2.26 bits per heavy atom. The van der Waals surface area contributed by atoms with Gasteiger partial charge >= 0.3 is 0 Å².